The molecule has 1 aromatic heterocycles. The number of carbonyl (C=O) groups excluding carboxylic acids is 1. The number of oxazole rings is 1. The summed E-state index contributed by atoms with van der Waals surface area (Å²) in [5, 5.41) is 6.33. The fourth-order valence-electron chi connectivity index (χ4n) is 3.41. The van der Waals surface area contributed by atoms with Gasteiger partial charge in [0.05, 0.1) is 11.8 Å². The molecule has 5 nitrogen and oxygen atoms in total. The summed E-state index contributed by atoms with van der Waals surface area (Å²) in [4.78, 5) is 16.1. The smallest absolute Gasteiger partial charge is 0.307 e. The SMILES string of the molecule is O=C(NC1CC2CCC1N2)c1ncc(-c2ccc(F)cc2F)o1. The Bertz CT molecular complexity index is 762. The normalized spacial score (nSPS) is 25.7. The molecule has 2 bridgehead atoms. The fraction of sp³-hybridized carbons (Fsp3) is 0.375. The van der Waals surface area contributed by atoms with E-state index in [-0.39, 0.29) is 23.3 Å². The summed E-state index contributed by atoms with van der Waals surface area (Å²) in [7, 11) is 0. The van der Waals surface area contributed by atoms with E-state index in [2.05, 4.69) is 15.6 Å². The minimum atomic E-state index is -0.759. The quantitative estimate of drug-likeness (QED) is 0.910. The molecule has 23 heavy (non-hydrogen) atoms. The summed E-state index contributed by atoms with van der Waals surface area (Å²) in [6.07, 6.45) is 4.36. The molecule has 3 atom stereocenters. The predicted octanol–water partition coefficient (Wildman–Crippen LogP) is 2.24. The fourth-order valence-corrected chi connectivity index (χ4v) is 3.41. The molecule has 2 aromatic rings. The average molecular weight is 319 g/mol. The van der Waals surface area contributed by atoms with Crippen molar-refractivity contribution >= 4 is 5.91 Å². The first kappa shape index (κ1) is 14.3. The molecular formula is C16H15F2N3O2. The van der Waals surface area contributed by atoms with Crippen LogP contribution >= 0.6 is 0 Å². The number of carbonyl (C=O) groups is 1. The van der Waals surface area contributed by atoms with E-state index in [0.717, 1.165) is 31.4 Å². The standard InChI is InChI=1S/C16H15F2N3O2/c17-8-1-3-10(11(18)5-8)14-7-19-16(23-14)15(22)21-13-6-9-2-4-12(13)20-9/h1,3,5,7,9,12-13,20H,2,4,6H2,(H,21,22). The number of amides is 1. The van der Waals surface area contributed by atoms with Gasteiger partial charge in [-0.15, -0.1) is 0 Å². The van der Waals surface area contributed by atoms with Gasteiger partial charge in [0, 0.05) is 24.2 Å². The van der Waals surface area contributed by atoms with Gasteiger partial charge in [-0.1, -0.05) is 0 Å². The number of halogens is 2. The van der Waals surface area contributed by atoms with Crippen molar-refractivity contribution in [1.29, 1.82) is 0 Å². The van der Waals surface area contributed by atoms with Crippen molar-refractivity contribution in [3.8, 4) is 11.3 Å². The lowest BCUT2D eigenvalue weighted by atomic mass is 9.95. The van der Waals surface area contributed by atoms with E-state index in [4.69, 9.17) is 4.42 Å². The van der Waals surface area contributed by atoms with Gasteiger partial charge < -0.3 is 15.1 Å². The summed E-state index contributed by atoms with van der Waals surface area (Å²) in [5.41, 5.74) is 0.0690. The number of nitrogens with one attached hydrogen (secondary N) is 2. The number of nitrogens with zero attached hydrogens (tertiary/aromatic N) is 1. The third kappa shape index (κ3) is 2.61. The van der Waals surface area contributed by atoms with Gasteiger partial charge in [0.25, 0.3) is 5.89 Å². The molecule has 0 radical (unpaired) electrons. The highest BCUT2D eigenvalue weighted by Gasteiger charge is 2.40. The summed E-state index contributed by atoms with van der Waals surface area (Å²) in [6.45, 7) is 0. The van der Waals surface area contributed by atoms with Crippen molar-refractivity contribution in [1.82, 2.24) is 15.6 Å². The highest BCUT2D eigenvalue weighted by atomic mass is 19.1. The molecule has 2 saturated heterocycles. The van der Waals surface area contributed by atoms with Crippen LogP contribution in [0.2, 0.25) is 0 Å². The Morgan fingerprint density at radius 3 is 2.91 bits per heavy atom. The first-order chi connectivity index (χ1) is 11.1. The molecule has 0 spiro atoms. The van der Waals surface area contributed by atoms with E-state index >= 15 is 0 Å². The minimum absolute atomic E-state index is 0.0687. The Kier molecular flexibility index (Phi) is 3.37. The van der Waals surface area contributed by atoms with Crippen molar-refractivity contribution in [3.05, 3.63) is 41.9 Å². The lowest BCUT2D eigenvalue weighted by molar-refractivity contribution is 0.0896. The molecule has 120 valence electrons. The number of hydrogen-bond donors (Lipinski definition) is 2. The molecule has 0 aliphatic carbocycles. The second kappa shape index (κ2) is 5.42. The van der Waals surface area contributed by atoms with E-state index in [1.54, 1.807) is 0 Å². The molecule has 7 heteroatoms. The van der Waals surface area contributed by atoms with Crippen molar-refractivity contribution in [2.75, 3.05) is 0 Å². The van der Waals surface area contributed by atoms with Crippen molar-refractivity contribution in [3.63, 3.8) is 0 Å². The number of aromatic nitrogens is 1. The molecular weight excluding hydrogens is 304 g/mol. The third-order valence-corrected chi connectivity index (χ3v) is 4.51. The number of hydrogen-bond acceptors (Lipinski definition) is 4. The van der Waals surface area contributed by atoms with Crippen molar-refractivity contribution < 1.29 is 18.0 Å². The summed E-state index contributed by atoms with van der Waals surface area (Å²) < 4.78 is 32.0. The van der Waals surface area contributed by atoms with Gasteiger partial charge in [0.1, 0.15) is 11.6 Å². The van der Waals surface area contributed by atoms with Crippen LogP contribution in [-0.2, 0) is 0 Å². The molecule has 1 aromatic carbocycles. The van der Waals surface area contributed by atoms with Crippen LogP contribution in [0.4, 0.5) is 8.78 Å². The maximum Gasteiger partial charge on any atom is 0.307 e. The van der Waals surface area contributed by atoms with Crippen LogP contribution in [-0.4, -0.2) is 29.0 Å². The largest absolute Gasteiger partial charge is 0.432 e. The summed E-state index contributed by atoms with van der Waals surface area (Å²) >= 11 is 0. The van der Waals surface area contributed by atoms with Crippen molar-refractivity contribution in [2.45, 2.75) is 37.4 Å². The lowest BCUT2D eigenvalue weighted by Crippen LogP contribution is -2.43. The van der Waals surface area contributed by atoms with Gasteiger partial charge >= 0.3 is 5.91 Å². The molecule has 1 amide bonds. The molecule has 2 aliphatic heterocycles. The number of benzene rings is 1. The Labute approximate surface area is 131 Å². The molecule has 3 unspecified atom stereocenters. The van der Waals surface area contributed by atoms with Crippen LogP contribution in [0.1, 0.15) is 29.9 Å². The van der Waals surface area contributed by atoms with E-state index in [1.807, 2.05) is 0 Å². The van der Waals surface area contributed by atoms with Gasteiger partial charge in [-0.2, -0.15) is 0 Å². The zero-order valence-electron chi connectivity index (χ0n) is 12.2. The highest BCUT2D eigenvalue weighted by molar-refractivity contribution is 5.90. The third-order valence-electron chi connectivity index (χ3n) is 4.51. The van der Waals surface area contributed by atoms with Crippen LogP contribution in [0.3, 0.4) is 0 Å². The van der Waals surface area contributed by atoms with E-state index in [1.165, 1.54) is 12.3 Å². The Morgan fingerprint density at radius 1 is 1.35 bits per heavy atom. The van der Waals surface area contributed by atoms with E-state index < -0.39 is 17.5 Å². The Hall–Kier alpha value is -2.28. The number of rotatable bonds is 3. The topological polar surface area (TPSA) is 67.2 Å². The lowest BCUT2D eigenvalue weighted by Gasteiger charge is -2.20. The zero-order valence-corrected chi connectivity index (χ0v) is 12.2. The van der Waals surface area contributed by atoms with E-state index in [0.29, 0.717) is 12.1 Å². The second-order valence-electron chi connectivity index (χ2n) is 6.02. The maximum absolute atomic E-state index is 13.7. The van der Waals surface area contributed by atoms with Gasteiger partial charge in [-0.05, 0) is 31.4 Å². The Morgan fingerprint density at radius 2 is 2.22 bits per heavy atom. The first-order valence-electron chi connectivity index (χ1n) is 7.58. The van der Waals surface area contributed by atoms with Gasteiger partial charge in [0.2, 0.25) is 0 Å². The van der Waals surface area contributed by atoms with Gasteiger partial charge in [0.15, 0.2) is 5.76 Å². The molecule has 2 N–H and O–H groups in total. The molecule has 2 aliphatic rings. The monoisotopic (exact) mass is 319 g/mol. The van der Waals surface area contributed by atoms with Crippen LogP contribution in [0.5, 0.6) is 0 Å². The maximum atomic E-state index is 13.7. The predicted molar refractivity (Wildman–Crippen MR) is 77.7 cm³/mol. The van der Waals surface area contributed by atoms with Crippen molar-refractivity contribution in [2.24, 2.45) is 0 Å². The van der Waals surface area contributed by atoms with Crippen LogP contribution in [0.15, 0.2) is 28.8 Å². The van der Waals surface area contributed by atoms with Crippen LogP contribution in [0.25, 0.3) is 11.3 Å². The molecule has 2 fully saturated rings. The first-order valence-corrected chi connectivity index (χ1v) is 7.58. The zero-order chi connectivity index (χ0) is 16.0. The summed E-state index contributed by atoms with van der Waals surface area (Å²) in [6, 6.07) is 3.98. The van der Waals surface area contributed by atoms with Gasteiger partial charge in [-0.3, -0.25) is 4.79 Å². The minimum Gasteiger partial charge on any atom is -0.432 e. The molecule has 0 saturated carbocycles. The molecule has 4 rings (SSSR count). The highest BCUT2D eigenvalue weighted by Crippen LogP contribution is 2.29. The number of fused-ring (bicyclic) bond motifs is 2. The van der Waals surface area contributed by atoms with Crippen LogP contribution in [0, 0.1) is 11.6 Å². The molecule has 3 heterocycles. The van der Waals surface area contributed by atoms with Crippen LogP contribution < -0.4 is 10.6 Å². The Balaban J connectivity index is 1.50. The van der Waals surface area contributed by atoms with E-state index in [9.17, 15) is 13.6 Å². The second-order valence-corrected chi connectivity index (χ2v) is 6.02. The average Bonchev–Trinajstić information content (AvgIpc) is 3.23. The van der Waals surface area contributed by atoms with Gasteiger partial charge in [-0.25, -0.2) is 13.8 Å². The summed E-state index contributed by atoms with van der Waals surface area (Å²) in [5.74, 6) is -1.87.